The molecule has 1 aliphatic heterocycles. The van der Waals surface area contributed by atoms with Gasteiger partial charge in [-0.2, -0.15) is 17.5 Å². The van der Waals surface area contributed by atoms with Crippen LogP contribution in [0.2, 0.25) is 0 Å². The van der Waals surface area contributed by atoms with E-state index in [1.165, 1.54) is 22.5 Å². The minimum absolute atomic E-state index is 0.109. The van der Waals surface area contributed by atoms with Gasteiger partial charge in [0.05, 0.1) is 23.7 Å². The van der Waals surface area contributed by atoms with Crippen LogP contribution in [0.4, 0.5) is 13.2 Å². The van der Waals surface area contributed by atoms with Crippen molar-refractivity contribution in [2.24, 2.45) is 0 Å². The predicted octanol–water partition coefficient (Wildman–Crippen LogP) is 3.26. The van der Waals surface area contributed by atoms with E-state index in [0.717, 1.165) is 12.1 Å². The first-order valence-electron chi connectivity index (χ1n) is 10.3. The summed E-state index contributed by atoms with van der Waals surface area (Å²) in [5.74, 6) is -0.446. The Balaban J connectivity index is 1.68. The third-order valence-electron chi connectivity index (χ3n) is 5.28. The number of nitrogens with one attached hydrogen (secondary N) is 1. The van der Waals surface area contributed by atoms with Gasteiger partial charge in [0.2, 0.25) is 10.0 Å². The number of hydrogen-bond acceptors (Lipinski definition) is 4. The van der Waals surface area contributed by atoms with Crippen LogP contribution in [0.5, 0.6) is 0 Å². The number of rotatable bonds is 7. The van der Waals surface area contributed by atoms with E-state index >= 15 is 0 Å². The van der Waals surface area contributed by atoms with Gasteiger partial charge in [-0.25, -0.2) is 8.42 Å². The zero-order valence-electron chi connectivity index (χ0n) is 17.6. The van der Waals surface area contributed by atoms with Gasteiger partial charge >= 0.3 is 6.18 Å². The second-order valence-corrected chi connectivity index (χ2v) is 9.30. The van der Waals surface area contributed by atoms with Crippen molar-refractivity contribution in [1.29, 1.82) is 0 Å². The molecule has 3 rings (SSSR count). The Morgan fingerprint density at radius 3 is 2.34 bits per heavy atom. The molecule has 32 heavy (non-hydrogen) atoms. The fourth-order valence-electron chi connectivity index (χ4n) is 3.44. The number of ether oxygens (including phenoxy) is 1. The number of aryl methyl sites for hydroxylation is 1. The van der Waals surface area contributed by atoms with Gasteiger partial charge in [0, 0.05) is 25.2 Å². The highest BCUT2D eigenvalue weighted by Crippen LogP contribution is 2.29. The fourth-order valence-corrected chi connectivity index (χ4v) is 5.16. The maximum Gasteiger partial charge on any atom is 0.416 e. The van der Waals surface area contributed by atoms with E-state index < -0.39 is 27.7 Å². The second-order valence-electron chi connectivity index (χ2n) is 7.39. The minimum atomic E-state index is -4.39. The summed E-state index contributed by atoms with van der Waals surface area (Å²) >= 11 is 0. The van der Waals surface area contributed by atoms with Crippen LogP contribution in [0, 0.1) is 0 Å². The Bertz CT molecular complexity index is 1050. The SMILES string of the molecule is CCc1ccc(C(=O)NCCc2ccc(C(F)(F)F)cc2)cc1S(=O)(=O)N1CCOCC1. The number of carbonyl (C=O) groups excluding carboxylic acids is 1. The minimum Gasteiger partial charge on any atom is -0.379 e. The third kappa shape index (κ3) is 5.67. The number of nitrogens with zero attached hydrogens (tertiary/aromatic N) is 1. The molecule has 174 valence electrons. The molecule has 0 saturated carbocycles. The van der Waals surface area contributed by atoms with Crippen LogP contribution in [0.15, 0.2) is 47.4 Å². The quantitative estimate of drug-likeness (QED) is 0.674. The summed E-state index contributed by atoms with van der Waals surface area (Å²) in [6.45, 7) is 3.21. The highest BCUT2D eigenvalue weighted by Gasteiger charge is 2.30. The molecular formula is C22H25F3N2O4S. The summed E-state index contributed by atoms with van der Waals surface area (Å²) in [5.41, 5.74) is 0.754. The van der Waals surface area contributed by atoms with Crippen molar-refractivity contribution in [2.45, 2.75) is 30.8 Å². The molecule has 1 heterocycles. The molecule has 1 saturated heterocycles. The van der Waals surface area contributed by atoms with Gasteiger partial charge in [0.15, 0.2) is 0 Å². The molecule has 6 nitrogen and oxygen atoms in total. The molecule has 1 aliphatic rings. The normalized spacial score (nSPS) is 15.5. The van der Waals surface area contributed by atoms with Crippen LogP contribution in [0.1, 0.15) is 34.0 Å². The smallest absolute Gasteiger partial charge is 0.379 e. The number of benzene rings is 2. The molecule has 2 aromatic carbocycles. The van der Waals surface area contributed by atoms with Gasteiger partial charge in [-0.3, -0.25) is 4.79 Å². The van der Waals surface area contributed by atoms with E-state index in [1.54, 1.807) is 12.1 Å². The molecule has 1 fully saturated rings. The number of halogens is 3. The first kappa shape index (κ1) is 24.2. The number of amides is 1. The molecule has 0 aliphatic carbocycles. The highest BCUT2D eigenvalue weighted by atomic mass is 32.2. The average molecular weight is 471 g/mol. The van der Waals surface area contributed by atoms with Crippen molar-refractivity contribution in [3.8, 4) is 0 Å². The fraction of sp³-hybridized carbons (Fsp3) is 0.409. The third-order valence-corrected chi connectivity index (χ3v) is 7.26. The summed E-state index contributed by atoms with van der Waals surface area (Å²) in [6, 6.07) is 9.35. The Labute approximate surface area is 185 Å². The Hall–Kier alpha value is -2.43. The van der Waals surface area contributed by atoms with Crippen LogP contribution >= 0.6 is 0 Å². The van der Waals surface area contributed by atoms with Gasteiger partial charge in [0.1, 0.15) is 0 Å². The van der Waals surface area contributed by atoms with E-state index in [9.17, 15) is 26.4 Å². The lowest BCUT2D eigenvalue weighted by molar-refractivity contribution is -0.137. The van der Waals surface area contributed by atoms with E-state index in [1.807, 2.05) is 6.92 Å². The molecular weight excluding hydrogens is 445 g/mol. The van der Waals surface area contributed by atoms with Crippen molar-refractivity contribution < 1.29 is 31.1 Å². The molecule has 0 unspecified atom stereocenters. The van der Waals surface area contributed by atoms with Crippen molar-refractivity contribution in [1.82, 2.24) is 9.62 Å². The summed E-state index contributed by atoms with van der Waals surface area (Å²) in [6.07, 6.45) is -3.55. The number of hydrogen-bond donors (Lipinski definition) is 1. The van der Waals surface area contributed by atoms with Crippen LogP contribution < -0.4 is 5.32 Å². The molecule has 2 aromatic rings. The largest absolute Gasteiger partial charge is 0.416 e. The summed E-state index contributed by atoms with van der Waals surface area (Å²) in [7, 11) is -3.76. The lowest BCUT2D eigenvalue weighted by atomic mass is 10.1. The first-order chi connectivity index (χ1) is 15.1. The Morgan fingerprint density at radius 1 is 1.09 bits per heavy atom. The summed E-state index contributed by atoms with van der Waals surface area (Å²) in [5, 5.41) is 2.70. The molecule has 0 spiro atoms. The van der Waals surface area contributed by atoms with E-state index in [4.69, 9.17) is 4.74 Å². The highest BCUT2D eigenvalue weighted by molar-refractivity contribution is 7.89. The molecule has 0 aromatic heterocycles. The molecule has 10 heteroatoms. The van der Waals surface area contributed by atoms with E-state index in [-0.39, 0.29) is 30.1 Å². The van der Waals surface area contributed by atoms with Crippen LogP contribution in [0.25, 0.3) is 0 Å². The van der Waals surface area contributed by atoms with E-state index in [2.05, 4.69) is 5.32 Å². The van der Waals surface area contributed by atoms with E-state index in [0.29, 0.717) is 37.2 Å². The van der Waals surface area contributed by atoms with Crippen LogP contribution in [0.3, 0.4) is 0 Å². The zero-order valence-corrected chi connectivity index (χ0v) is 18.4. The van der Waals surface area contributed by atoms with Crippen molar-refractivity contribution in [3.63, 3.8) is 0 Å². The maximum atomic E-state index is 13.1. The number of alkyl halides is 3. The van der Waals surface area contributed by atoms with Gasteiger partial charge in [-0.15, -0.1) is 0 Å². The zero-order chi connectivity index (χ0) is 23.4. The first-order valence-corrected chi connectivity index (χ1v) is 11.7. The summed E-state index contributed by atoms with van der Waals surface area (Å²) in [4.78, 5) is 12.7. The van der Waals surface area contributed by atoms with Crippen LogP contribution in [-0.4, -0.2) is 51.5 Å². The van der Waals surface area contributed by atoms with Crippen molar-refractivity contribution in [2.75, 3.05) is 32.8 Å². The van der Waals surface area contributed by atoms with Crippen molar-refractivity contribution >= 4 is 15.9 Å². The number of carbonyl (C=O) groups is 1. The number of sulfonamides is 1. The molecule has 1 amide bonds. The van der Waals surface area contributed by atoms with Gasteiger partial charge in [-0.1, -0.05) is 25.1 Å². The van der Waals surface area contributed by atoms with Gasteiger partial charge < -0.3 is 10.1 Å². The van der Waals surface area contributed by atoms with Crippen LogP contribution in [-0.2, 0) is 33.8 Å². The monoisotopic (exact) mass is 470 g/mol. The standard InChI is InChI=1S/C22H25F3N2O4S/c1-2-17-5-6-18(15-20(17)32(29,30)27-11-13-31-14-12-27)21(28)26-10-9-16-3-7-19(8-4-16)22(23,24)25/h3-8,15H,2,9-14H2,1H3,(H,26,28). The number of morpholine rings is 1. The molecule has 0 radical (unpaired) electrons. The molecule has 0 atom stereocenters. The Kier molecular flexibility index (Phi) is 7.58. The predicted molar refractivity (Wildman–Crippen MR) is 113 cm³/mol. The average Bonchev–Trinajstić information content (AvgIpc) is 2.79. The van der Waals surface area contributed by atoms with Crippen molar-refractivity contribution in [3.05, 3.63) is 64.7 Å². The molecule has 0 bridgehead atoms. The summed E-state index contributed by atoms with van der Waals surface area (Å²) < 4.78 is 70.7. The Morgan fingerprint density at radius 2 is 1.75 bits per heavy atom. The lowest BCUT2D eigenvalue weighted by Gasteiger charge is -2.27. The maximum absolute atomic E-state index is 13.1. The van der Waals surface area contributed by atoms with Gasteiger partial charge in [0.25, 0.3) is 5.91 Å². The lowest BCUT2D eigenvalue weighted by Crippen LogP contribution is -2.41. The molecule has 1 N–H and O–H groups in total. The topological polar surface area (TPSA) is 75.7 Å². The van der Waals surface area contributed by atoms with Gasteiger partial charge in [-0.05, 0) is 48.2 Å². The second kappa shape index (κ2) is 10.0.